The van der Waals surface area contributed by atoms with Crippen LogP contribution in [0.2, 0.25) is 0 Å². The second kappa shape index (κ2) is 7.19. The van der Waals surface area contributed by atoms with Gasteiger partial charge in [0.1, 0.15) is 5.69 Å². The molecule has 0 bridgehead atoms. The van der Waals surface area contributed by atoms with Gasteiger partial charge in [0.15, 0.2) is 0 Å². The van der Waals surface area contributed by atoms with E-state index in [-0.39, 0.29) is 18.4 Å². The van der Waals surface area contributed by atoms with Crippen molar-refractivity contribution in [2.45, 2.75) is 38.1 Å². The lowest BCUT2D eigenvalue weighted by molar-refractivity contribution is -0.146. The number of hydrogen-bond acceptors (Lipinski definition) is 3. The summed E-state index contributed by atoms with van der Waals surface area (Å²) in [6.07, 6.45) is 2.89. The molecule has 1 aliphatic rings. The van der Waals surface area contributed by atoms with Crippen molar-refractivity contribution in [1.82, 2.24) is 15.6 Å². The maximum absolute atomic E-state index is 12.3. The zero-order chi connectivity index (χ0) is 18.7. The molecule has 1 aromatic carbocycles. The van der Waals surface area contributed by atoms with Crippen LogP contribution in [0.1, 0.15) is 43.1 Å². The highest BCUT2D eigenvalue weighted by Crippen LogP contribution is 2.33. The Hall–Kier alpha value is -2.83. The largest absolute Gasteiger partial charge is 0.481 e. The topological polar surface area (TPSA) is 111 Å². The summed E-state index contributed by atoms with van der Waals surface area (Å²) in [7, 11) is 0. The standard InChI is InChI=1S/C19H23N3O4/c1-19(9-5-4-7-13(19)18(25)26)22-16(23)11-20-17(24)15-10-12-6-2-3-8-14(12)21-15/h2-3,6,8,10,13,21H,4-5,7,9,11H2,1H3,(H,20,24)(H,22,23)(H,25,26). The number of benzene rings is 1. The highest BCUT2D eigenvalue weighted by Gasteiger charge is 2.42. The molecule has 1 aromatic heterocycles. The summed E-state index contributed by atoms with van der Waals surface area (Å²) in [4.78, 5) is 39.0. The SMILES string of the molecule is CC1(NC(=O)CNC(=O)c2cc3ccccc3[nH]2)CCCCC1C(=O)O. The van der Waals surface area contributed by atoms with Crippen LogP contribution < -0.4 is 10.6 Å². The molecule has 2 amide bonds. The van der Waals surface area contributed by atoms with Gasteiger partial charge in [-0.05, 0) is 31.9 Å². The minimum Gasteiger partial charge on any atom is -0.481 e. The van der Waals surface area contributed by atoms with Crippen molar-refractivity contribution in [2.24, 2.45) is 5.92 Å². The molecular formula is C19H23N3O4. The number of aromatic nitrogens is 1. The average molecular weight is 357 g/mol. The number of amides is 2. The maximum Gasteiger partial charge on any atom is 0.308 e. The number of aliphatic carboxylic acids is 1. The summed E-state index contributed by atoms with van der Waals surface area (Å²) in [6.45, 7) is 1.57. The minimum absolute atomic E-state index is 0.198. The van der Waals surface area contributed by atoms with Crippen molar-refractivity contribution >= 4 is 28.7 Å². The normalized spacial score (nSPS) is 22.7. The van der Waals surface area contributed by atoms with Gasteiger partial charge in [-0.3, -0.25) is 14.4 Å². The first-order chi connectivity index (χ1) is 12.4. The number of fused-ring (bicyclic) bond motifs is 1. The van der Waals surface area contributed by atoms with Gasteiger partial charge in [-0.2, -0.15) is 0 Å². The van der Waals surface area contributed by atoms with Crippen LogP contribution in [-0.4, -0.2) is 40.0 Å². The number of para-hydroxylation sites is 1. The Bertz CT molecular complexity index is 811. The summed E-state index contributed by atoms with van der Waals surface area (Å²) in [5.41, 5.74) is 0.444. The molecule has 1 fully saturated rings. The molecule has 26 heavy (non-hydrogen) atoms. The number of carbonyl (C=O) groups is 3. The molecule has 7 heteroatoms. The van der Waals surface area contributed by atoms with Gasteiger partial charge in [-0.25, -0.2) is 0 Å². The second-order valence-corrected chi connectivity index (χ2v) is 7.06. The monoisotopic (exact) mass is 357 g/mol. The fourth-order valence-electron chi connectivity index (χ4n) is 3.69. The zero-order valence-corrected chi connectivity index (χ0v) is 14.7. The summed E-state index contributed by atoms with van der Waals surface area (Å²) >= 11 is 0. The number of nitrogens with one attached hydrogen (secondary N) is 3. The first-order valence-corrected chi connectivity index (χ1v) is 8.79. The Balaban J connectivity index is 1.59. The molecule has 0 radical (unpaired) electrons. The Morgan fingerprint density at radius 1 is 1.27 bits per heavy atom. The van der Waals surface area contributed by atoms with Crippen LogP contribution in [0.15, 0.2) is 30.3 Å². The minimum atomic E-state index is -0.894. The number of aromatic amines is 1. The molecule has 3 rings (SSSR count). The third-order valence-electron chi connectivity index (χ3n) is 5.12. The lowest BCUT2D eigenvalue weighted by Crippen LogP contribution is -2.57. The number of carbonyl (C=O) groups excluding carboxylic acids is 2. The second-order valence-electron chi connectivity index (χ2n) is 7.06. The van der Waals surface area contributed by atoms with Gasteiger partial charge in [0.05, 0.1) is 18.0 Å². The smallest absolute Gasteiger partial charge is 0.308 e. The van der Waals surface area contributed by atoms with Gasteiger partial charge in [-0.1, -0.05) is 31.0 Å². The summed E-state index contributed by atoms with van der Waals surface area (Å²) in [6, 6.07) is 9.25. The molecular weight excluding hydrogens is 334 g/mol. The van der Waals surface area contributed by atoms with E-state index in [9.17, 15) is 19.5 Å². The zero-order valence-electron chi connectivity index (χ0n) is 14.7. The van der Waals surface area contributed by atoms with Crippen molar-refractivity contribution in [3.63, 3.8) is 0 Å². The highest BCUT2D eigenvalue weighted by molar-refractivity contribution is 5.99. The predicted octanol–water partition coefficient (Wildman–Crippen LogP) is 2.05. The van der Waals surface area contributed by atoms with Crippen LogP contribution in [0, 0.1) is 5.92 Å². The first-order valence-electron chi connectivity index (χ1n) is 8.79. The molecule has 1 heterocycles. The third kappa shape index (κ3) is 3.71. The summed E-state index contributed by atoms with van der Waals surface area (Å²) in [5.74, 6) is -2.26. The molecule has 138 valence electrons. The summed E-state index contributed by atoms with van der Waals surface area (Å²) in [5, 5.41) is 15.7. The van der Waals surface area contributed by atoms with Crippen LogP contribution >= 0.6 is 0 Å². The summed E-state index contributed by atoms with van der Waals surface area (Å²) < 4.78 is 0. The molecule has 7 nitrogen and oxygen atoms in total. The molecule has 2 aromatic rings. The number of carboxylic acid groups (broad SMARTS) is 1. The Kier molecular flexibility index (Phi) is 4.97. The first kappa shape index (κ1) is 18.0. The van der Waals surface area contributed by atoms with Crippen LogP contribution in [0.4, 0.5) is 0 Å². The number of rotatable bonds is 5. The fraction of sp³-hybridized carbons (Fsp3) is 0.421. The van der Waals surface area contributed by atoms with E-state index in [1.807, 2.05) is 24.3 Å². The molecule has 2 atom stereocenters. The maximum atomic E-state index is 12.3. The Morgan fingerprint density at radius 3 is 2.77 bits per heavy atom. The molecule has 1 aliphatic carbocycles. The van der Waals surface area contributed by atoms with Gasteiger partial charge in [0.2, 0.25) is 5.91 Å². The van der Waals surface area contributed by atoms with Crippen LogP contribution in [0.3, 0.4) is 0 Å². The van der Waals surface area contributed by atoms with E-state index in [1.165, 1.54) is 0 Å². The quantitative estimate of drug-likeness (QED) is 0.656. The van der Waals surface area contributed by atoms with Gasteiger partial charge < -0.3 is 20.7 Å². The average Bonchev–Trinajstić information content (AvgIpc) is 3.03. The molecule has 0 spiro atoms. The molecule has 0 saturated heterocycles. The van der Waals surface area contributed by atoms with Crippen molar-refractivity contribution in [3.05, 3.63) is 36.0 Å². The lowest BCUT2D eigenvalue weighted by atomic mass is 9.74. The van der Waals surface area contributed by atoms with Crippen LogP contribution in [0.5, 0.6) is 0 Å². The third-order valence-corrected chi connectivity index (χ3v) is 5.12. The van der Waals surface area contributed by atoms with E-state index < -0.39 is 17.4 Å². The van der Waals surface area contributed by atoms with Crippen molar-refractivity contribution < 1.29 is 19.5 Å². The van der Waals surface area contributed by atoms with E-state index in [0.717, 1.165) is 23.7 Å². The van der Waals surface area contributed by atoms with Gasteiger partial charge in [0, 0.05) is 10.9 Å². The number of carboxylic acids is 1. The van der Waals surface area contributed by atoms with E-state index in [0.29, 0.717) is 18.5 Å². The van der Waals surface area contributed by atoms with E-state index in [2.05, 4.69) is 15.6 Å². The van der Waals surface area contributed by atoms with E-state index in [4.69, 9.17) is 0 Å². The van der Waals surface area contributed by atoms with Gasteiger partial charge in [0.25, 0.3) is 5.91 Å². The molecule has 4 N–H and O–H groups in total. The van der Waals surface area contributed by atoms with Crippen molar-refractivity contribution in [1.29, 1.82) is 0 Å². The highest BCUT2D eigenvalue weighted by atomic mass is 16.4. The van der Waals surface area contributed by atoms with Gasteiger partial charge in [-0.15, -0.1) is 0 Å². The van der Waals surface area contributed by atoms with E-state index >= 15 is 0 Å². The van der Waals surface area contributed by atoms with Crippen molar-refractivity contribution in [3.8, 4) is 0 Å². The number of H-pyrrole nitrogens is 1. The molecule has 0 aliphatic heterocycles. The van der Waals surface area contributed by atoms with Gasteiger partial charge >= 0.3 is 5.97 Å². The van der Waals surface area contributed by atoms with Crippen LogP contribution in [0.25, 0.3) is 10.9 Å². The number of hydrogen-bond donors (Lipinski definition) is 4. The Morgan fingerprint density at radius 2 is 2.04 bits per heavy atom. The van der Waals surface area contributed by atoms with Crippen molar-refractivity contribution in [2.75, 3.05) is 6.54 Å². The fourth-order valence-corrected chi connectivity index (χ4v) is 3.69. The van der Waals surface area contributed by atoms with E-state index in [1.54, 1.807) is 13.0 Å². The molecule has 2 unspecified atom stereocenters. The Labute approximate surface area is 151 Å². The lowest BCUT2D eigenvalue weighted by Gasteiger charge is -2.39. The predicted molar refractivity (Wildman–Crippen MR) is 96.8 cm³/mol. The molecule has 1 saturated carbocycles. The van der Waals surface area contributed by atoms with Crippen LogP contribution in [-0.2, 0) is 9.59 Å².